The fourth-order valence-corrected chi connectivity index (χ4v) is 3.77. The lowest BCUT2D eigenvalue weighted by Crippen LogP contribution is -2.32. The van der Waals surface area contributed by atoms with Gasteiger partial charge in [-0.05, 0) is 93.1 Å². The van der Waals surface area contributed by atoms with E-state index in [1.807, 2.05) is 71.9 Å². The smallest absolute Gasteiger partial charge is 0.257 e. The molecule has 3 aromatic carbocycles. The van der Waals surface area contributed by atoms with Crippen LogP contribution in [0.5, 0.6) is 5.75 Å². The minimum absolute atomic E-state index is 0.129. The molecule has 0 aromatic heterocycles. The van der Waals surface area contributed by atoms with Gasteiger partial charge in [0.1, 0.15) is 5.75 Å². The first-order chi connectivity index (χ1) is 16.6. The van der Waals surface area contributed by atoms with Crippen molar-refractivity contribution in [1.82, 2.24) is 0 Å². The standard InChI is InChI=1S/C30H36N2O3/c1-20-12-13-22(3)27(18-20)35-17-9-16-30(5,6)29(34)32-26-11-8-7-10-25(26)28(33)31-24-15-14-21(2)23(4)19-24/h7-8,10-15,18-19H,9,16-17H2,1-6H3,(H,31,33)(H,32,34). The van der Waals surface area contributed by atoms with Gasteiger partial charge in [-0.1, -0.05) is 44.2 Å². The lowest BCUT2D eigenvalue weighted by Gasteiger charge is -2.24. The number of para-hydroxylation sites is 1. The molecule has 0 spiro atoms. The van der Waals surface area contributed by atoms with Gasteiger partial charge in [-0.3, -0.25) is 9.59 Å². The topological polar surface area (TPSA) is 67.4 Å². The molecular formula is C30H36N2O3. The van der Waals surface area contributed by atoms with Crippen molar-refractivity contribution in [3.05, 3.63) is 88.5 Å². The Morgan fingerprint density at radius 1 is 0.829 bits per heavy atom. The fraction of sp³-hybridized carbons (Fsp3) is 0.333. The van der Waals surface area contributed by atoms with Gasteiger partial charge in [-0.25, -0.2) is 0 Å². The van der Waals surface area contributed by atoms with Crippen molar-refractivity contribution in [2.75, 3.05) is 17.2 Å². The summed E-state index contributed by atoms with van der Waals surface area (Å²) in [4.78, 5) is 26.1. The molecule has 0 fully saturated rings. The second-order valence-electron chi connectivity index (χ2n) is 9.86. The number of amides is 2. The maximum atomic E-state index is 13.1. The van der Waals surface area contributed by atoms with Crippen LogP contribution in [0.15, 0.2) is 60.7 Å². The minimum Gasteiger partial charge on any atom is -0.493 e. The molecule has 0 saturated carbocycles. The summed E-state index contributed by atoms with van der Waals surface area (Å²) in [5.74, 6) is 0.496. The summed E-state index contributed by atoms with van der Waals surface area (Å²) in [5, 5.41) is 5.91. The Balaban J connectivity index is 1.60. The van der Waals surface area contributed by atoms with Crippen LogP contribution in [0.4, 0.5) is 11.4 Å². The van der Waals surface area contributed by atoms with E-state index in [0.29, 0.717) is 24.3 Å². The molecule has 35 heavy (non-hydrogen) atoms. The molecule has 0 aliphatic carbocycles. The number of anilines is 2. The van der Waals surface area contributed by atoms with E-state index in [4.69, 9.17) is 4.74 Å². The van der Waals surface area contributed by atoms with Gasteiger partial charge in [-0.2, -0.15) is 0 Å². The quantitative estimate of drug-likeness (QED) is 0.330. The molecule has 0 aliphatic rings. The number of hydrogen-bond acceptors (Lipinski definition) is 3. The number of benzene rings is 3. The van der Waals surface area contributed by atoms with Crippen molar-refractivity contribution in [2.45, 2.75) is 54.4 Å². The maximum absolute atomic E-state index is 13.1. The summed E-state index contributed by atoms with van der Waals surface area (Å²) in [6.07, 6.45) is 1.39. The van der Waals surface area contributed by atoms with Crippen LogP contribution in [0.3, 0.4) is 0 Å². The van der Waals surface area contributed by atoms with Gasteiger partial charge in [0.25, 0.3) is 5.91 Å². The molecule has 0 bridgehead atoms. The van der Waals surface area contributed by atoms with E-state index in [0.717, 1.165) is 40.1 Å². The van der Waals surface area contributed by atoms with Crippen molar-refractivity contribution in [3.8, 4) is 5.75 Å². The SMILES string of the molecule is Cc1ccc(C)c(OCCCC(C)(C)C(=O)Nc2ccccc2C(=O)Nc2ccc(C)c(C)c2)c1. The predicted molar refractivity (Wildman–Crippen MR) is 143 cm³/mol. The molecule has 0 saturated heterocycles. The number of rotatable bonds is 9. The highest BCUT2D eigenvalue weighted by Crippen LogP contribution is 2.27. The highest BCUT2D eigenvalue weighted by Gasteiger charge is 2.28. The lowest BCUT2D eigenvalue weighted by molar-refractivity contribution is -0.124. The van der Waals surface area contributed by atoms with Gasteiger partial charge in [0.2, 0.25) is 5.91 Å². The third-order valence-electron chi connectivity index (χ3n) is 6.35. The largest absolute Gasteiger partial charge is 0.493 e. The molecule has 0 unspecified atom stereocenters. The first-order valence-electron chi connectivity index (χ1n) is 12.1. The number of carbonyl (C=O) groups excluding carboxylic acids is 2. The van der Waals surface area contributed by atoms with Crippen molar-refractivity contribution in [1.29, 1.82) is 0 Å². The zero-order valence-electron chi connectivity index (χ0n) is 21.6. The Bertz CT molecular complexity index is 1210. The summed E-state index contributed by atoms with van der Waals surface area (Å²) >= 11 is 0. The fourth-order valence-electron chi connectivity index (χ4n) is 3.77. The summed E-state index contributed by atoms with van der Waals surface area (Å²) in [5.41, 5.74) is 5.55. The molecule has 5 nitrogen and oxygen atoms in total. The summed E-state index contributed by atoms with van der Waals surface area (Å²) in [6.45, 7) is 12.5. The van der Waals surface area contributed by atoms with Crippen molar-refractivity contribution < 1.29 is 14.3 Å². The van der Waals surface area contributed by atoms with E-state index >= 15 is 0 Å². The molecule has 0 aliphatic heterocycles. The van der Waals surface area contributed by atoms with E-state index in [1.165, 1.54) is 0 Å². The zero-order valence-corrected chi connectivity index (χ0v) is 21.6. The Hall–Kier alpha value is -3.60. The van der Waals surface area contributed by atoms with Crippen molar-refractivity contribution in [2.24, 2.45) is 5.41 Å². The van der Waals surface area contributed by atoms with Crippen LogP contribution in [0.25, 0.3) is 0 Å². The van der Waals surface area contributed by atoms with Crippen LogP contribution >= 0.6 is 0 Å². The predicted octanol–water partition coefficient (Wildman–Crippen LogP) is 7.00. The normalized spacial score (nSPS) is 11.1. The van der Waals surface area contributed by atoms with Gasteiger partial charge in [0.05, 0.1) is 17.9 Å². The molecule has 0 heterocycles. The Kier molecular flexibility index (Phi) is 8.34. The summed E-state index contributed by atoms with van der Waals surface area (Å²) in [7, 11) is 0. The third kappa shape index (κ3) is 6.95. The Morgan fingerprint density at radius 3 is 2.29 bits per heavy atom. The van der Waals surface area contributed by atoms with Crippen molar-refractivity contribution in [3.63, 3.8) is 0 Å². The van der Waals surface area contributed by atoms with E-state index in [9.17, 15) is 9.59 Å². The monoisotopic (exact) mass is 472 g/mol. The first-order valence-corrected chi connectivity index (χ1v) is 12.1. The van der Waals surface area contributed by atoms with E-state index in [-0.39, 0.29) is 11.8 Å². The third-order valence-corrected chi connectivity index (χ3v) is 6.35. The summed E-state index contributed by atoms with van der Waals surface area (Å²) < 4.78 is 5.95. The first kappa shape index (κ1) is 26.0. The van der Waals surface area contributed by atoms with Crippen LogP contribution in [-0.2, 0) is 4.79 Å². The number of hydrogen-bond donors (Lipinski definition) is 2. The van der Waals surface area contributed by atoms with Gasteiger partial charge < -0.3 is 15.4 Å². The average molecular weight is 473 g/mol. The van der Waals surface area contributed by atoms with Gasteiger partial charge >= 0.3 is 0 Å². The van der Waals surface area contributed by atoms with Crippen molar-refractivity contribution >= 4 is 23.2 Å². The van der Waals surface area contributed by atoms with Crippen LogP contribution < -0.4 is 15.4 Å². The minimum atomic E-state index is -0.622. The molecule has 3 aromatic rings. The molecule has 3 rings (SSSR count). The van der Waals surface area contributed by atoms with E-state index in [2.05, 4.69) is 22.8 Å². The van der Waals surface area contributed by atoms with Crippen LogP contribution in [0.2, 0.25) is 0 Å². The molecule has 184 valence electrons. The zero-order chi connectivity index (χ0) is 25.6. The Morgan fingerprint density at radius 2 is 1.54 bits per heavy atom. The molecule has 2 N–H and O–H groups in total. The number of aryl methyl sites for hydroxylation is 4. The van der Waals surface area contributed by atoms with E-state index in [1.54, 1.807) is 18.2 Å². The number of carbonyl (C=O) groups is 2. The maximum Gasteiger partial charge on any atom is 0.257 e. The highest BCUT2D eigenvalue weighted by atomic mass is 16.5. The van der Waals surface area contributed by atoms with Crippen LogP contribution in [-0.4, -0.2) is 18.4 Å². The van der Waals surface area contributed by atoms with E-state index < -0.39 is 5.41 Å². The second kappa shape index (κ2) is 11.2. The van der Waals surface area contributed by atoms with Crippen LogP contribution in [0.1, 0.15) is 59.3 Å². The molecule has 2 amide bonds. The number of nitrogens with one attached hydrogen (secondary N) is 2. The Labute approximate surface area is 208 Å². The summed E-state index contributed by atoms with van der Waals surface area (Å²) in [6, 6.07) is 19.0. The molecular weight excluding hydrogens is 436 g/mol. The van der Waals surface area contributed by atoms with Gasteiger partial charge in [0, 0.05) is 11.1 Å². The molecule has 5 heteroatoms. The van der Waals surface area contributed by atoms with Gasteiger partial charge in [-0.15, -0.1) is 0 Å². The van der Waals surface area contributed by atoms with Gasteiger partial charge in [0.15, 0.2) is 0 Å². The highest BCUT2D eigenvalue weighted by molar-refractivity contribution is 6.10. The lowest BCUT2D eigenvalue weighted by atomic mass is 9.86. The second-order valence-corrected chi connectivity index (χ2v) is 9.86. The number of ether oxygens (including phenoxy) is 1. The molecule has 0 radical (unpaired) electrons. The molecule has 0 atom stereocenters. The van der Waals surface area contributed by atoms with Crippen LogP contribution in [0, 0.1) is 33.1 Å². The average Bonchev–Trinajstić information content (AvgIpc) is 2.81.